The average Bonchev–Trinajstić information content (AvgIpc) is 2.04. The summed E-state index contributed by atoms with van der Waals surface area (Å²) in [5.41, 5.74) is 0.175. The summed E-state index contributed by atoms with van der Waals surface area (Å²) in [6.07, 6.45) is 4.44. The molecule has 1 aromatic heterocycles. The van der Waals surface area contributed by atoms with Crippen LogP contribution in [0.25, 0.3) is 0 Å². The van der Waals surface area contributed by atoms with Gasteiger partial charge in [-0.15, -0.1) is 0 Å². The van der Waals surface area contributed by atoms with E-state index in [1.165, 1.54) is 0 Å². The predicted molar refractivity (Wildman–Crippen MR) is 53.5 cm³/mol. The standard InChI is InChI=1S/C10H17N3/c1-10(2,3)13-8-5-9-11-6-4-7-12-9/h4,6-7,13H,5,8H2,1-3H3. The molecule has 1 heterocycles. The molecule has 0 amide bonds. The van der Waals surface area contributed by atoms with E-state index in [-0.39, 0.29) is 5.54 Å². The summed E-state index contributed by atoms with van der Waals surface area (Å²) in [6.45, 7) is 7.38. The van der Waals surface area contributed by atoms with E-state index in [1.54, 1.807) is 12.4 Å². The number of hydrogen-bond acceptors (Lipinski definition) is 3. The summed E-state index contributed by atoms with van der Waals surface area (Å²) in [7, 11) is 0. The molecule has 0 saturated carbocycles. The number of aromatic nitrogens is 2. The molecule has 0 unspecified atom stereocenters. The fraction of sp³-hybridized carbons (Fsp3) is 0.600. The van der Waals surface area contributed by atoms with Crippen LogP contribution in [0.2, 0.25) is 0 Å². The number of nitrogens with one attached hydrogen (secondary N) is 1. The van der Waals surface area contributed by atoms with Crippen LogP contribution in [-0.4, -0.2) is 22.1 Å². The highest BCUT2D eigenvalue weighted by Gasteiger charge is 2.07. The maximum atomic E-state index is 4.15. The third-order valence-corrected chi connectivity index (χ3v) is 1.62. The van der Waals surface area contributed by atoms with E-state index in [0.29, 0.717) is 0 Å². The molecule has 0 aliphatic carbocycles. The first-order chi connectivity index (χ1) is 6.08. The Morgan fingerprint density at radius 1 is 1.23 bits per heavy atom. The van der Waals surface area contributed by atoms with Crippen molar-refractivity contribution in [3.63, 3.8) is 0 Å². The van der Waals surface area contributed by atoms with Crippen LogP contribution >= 0.6 is 0 Å². The quantitative estimate of drug-likeness (QED) is 0.762. The van der Waals surface area contributed by atoms with E-state index in [4.69, 9.17) is 0 Å². The normalized spacial score (nSPS) is 11.6. The van der Waals surface area contributed by atoms with Gasteiger partial charge in [-0.3, -0.25) is 0 Å². The average molecular weight is 179 g/mol. The van der Waals surface area contributed by atoms with Crippen LogP contribution in [-0.2, 0) is 6.42 Å². The number of hydrogen-bond donors (Lipinski definition) is 1. The smallest absolute Gasteiger partial charge is 0.129 e. The first-order valence-electron chi connectivity index (χ1n) is 4.59. The lowest BCUT2D eigenvalue weighted by Gasteiger charge is -2.19. The van der Waals surface area contributed by atoms with E-state index in [9.17, 15) is 0 Å². The van der Waals surface area contributed by atoms with Crippen molar-refractivity contribution in [2.45, 2.75) is 32.7 Å². The zero-order valence-electron chi connectivity index (χ0n) is 8.54. The summed E-state index contributed by atoms with van der Waals surface area (Å²) in [5.74, 6) is 0.902. The van der Waals surface area contributed by atoms with Gasteiger partial charge >= 0.3 is 0 Å². The van der Waals surface area contributed by atoms with Crippen LogP contribution < -0.4 is 5.32 Å². The maximum absolute atomic E-state index is 4.15. The molecule has 1 aromatic rings. The van der Waals surface area contributed by atoms with Gasteiger partial charge in [0.25, 0.3) is 0 Å². The van der Waals surface area contributed by atoms with Gasteiger partial charge in [0.1, 0.15) is 5.82 Å². The van der Waals surface area contributed by atoms with Crippen LogP contribution in [0.4, 0.5) is 0 Å². The Morgan fingerprint density at radius 2 is 1.85 bits per heavy atom. The van der Waals surface area contributed by atoms with Crippen molar-refractivity contribution >= 4 is 0 Å². The molecule has 0 spiro atoms. The minimum atomic E-state index is 0.175. The molecular formula is C10H17N3. The first kappa shape index (κ1) is 10.1. The molecule has 0 aliphatic heterocycles. The van der Waals surface area contributed by atoms with Gasteiger partial charge in [-0.25, -0.2) is 9.97 Å². The highest BCUT2D eigenvalue weighted by molar-refractivity contribution is 4.89. The van der Waals surface area contributed by atoms with Gasteiger partial charge in [0.05, 0.1) is 0 Å². The Balaban J connectivity index is 2.29. The molecule has 0 atom stereocenters. The lowest BCUT2D eigenvalue weighted by molar-refractivity contribution is 0.427. The van der Waals surface area contributed by atoms with Crippen LogP contribution in [0.5, 0.6) is 0 Å². The van der Waals surface area contributed by atoms with Crippen LogP contribution in [0.1, 0.15) is 26.6 Å². The zero-order chi connectivity index (χ0) is 9.73. The van der Waals surface area contributed by atoms with Gasteiger partial charge < -0.3 is 5.32 Å². The Hall–Kier alpha value is -0.960. The lowest BCUT2D eigenvalue weighted by Crippen LogP contribution is -2.37. The van der Waals surface area contributed by atoms with Gasteiger partial charge in [-0.05, 0) is 26.8 Å². The Kier molecular flexibility index (Phi) is 3.37. The molecule has 0 aliphatic rings. The molecule has 0 radical (unpaired) electrons. The molecule has 0 aromatic carbocycles. The fourth-order valence-electron chi connectivity index (χ4n) is 1.01. The van der Waals surface area contributed by atoms with E-state index < -0.39 is 0 Å². The first-order valence-corrected chi connectivity index (χ1v) is 4.59. The van der Waals surface area contributed by atoms with Crippen molar-refractivity contribution < 1.29 is 0 Å². The van der Waals surface area contributed by atoms with Crippen molar-refractivity contribution in [2.24, 2.45) is 0 Å². The minimum absolute atomic E-state index is 0.175. The topological polar surface area (TPSA) is 37.8 Å². The Labute approximate surface area is 79.6 Å². The van der Waals surface area contributed by atoms with Gasteiger partial charge in [0.15, 0.2) is 0 Å². The molecule has 3 nitrogen and oxygen atoms in total. The third-order valence-electron chi connectivity index (χ3n) is 1.62. The van der Waals surface area contributed by atoms with E-state index in [0.717, 1.165) is 18.8 Å². The zero-order valence-corrected chi connectivity index (χ0v) is 8.54. The molecule has 1 N–H and O–H groups in total. The molecule has 3 heteroatoms. The van der Waals surface area contributed by atoms with Crippen molar-refractivity contribution in [3.05, 3.63) is 24.3 Å². The molecule has 72 valence electrons. The van der Waals surface area contributed by atoms with Gasteiger partial charge in [-0.1, -0.05) is 0 Å². The molecule has 1 rings (SSSR count). The van der Waals surface area contributed by atoms with E-state index >= 15 is 0 Å². The SMILES string of the molecule is CC(C)(C)NCCc1ncccn1. The van der Waals surface area contributed by atoms with Crippen molar-refractivity contribution in [1.29, 1.82) is 0 Å². The number of rotatable bonds is 3. The predicted octanol–water partition coefficient (Wildman–Crippen LogP) is 1.41. The van der Waals surface area contributed by atoms with Gasteiger partial charge in [0.2, 0.25) is 0 Å². The second kappa shape index (κ2) is 4.33. The lowest BCUT2D eigenvalue weighted by atomic mass is 10.1. The Bertz CT molecular complexity index is 238. The highest BCUT2D eigenvalue weighted by atomic mass is 15.0. The van der Waals surface area contributed by atoms with Gasteiger partial charge in [0, 0.05) is 30.9 Å². The van der Waals surface area contributed by atoms with Crippen LogP contribution in [0.3, 0.4) is 0 Å². The molecule has 0 saturated heterocycles. The van der Waals surface area contributed by atoms with Gasteiger partial charge in [-0.2, -0.15) is 0 Å². The second-order valence-corrected chi connectivity index (χ2v) is 4.09. The van der Waals surface area contributed by atoms with Crippen molar-refractivity contribution in [1.82, 2.24) is 15.3 Å². The molecule has 13 heavy (non-hydrogen) atoms. The Morgan fingerprint density at radius 3 is 2.38 bits per heavy atom. The van der Waals surface area contributed by atoms with E-state index in [2.05, 4.69) is 36.1 Å². The third kappa shape index (κ3) is 4.58. The highest BCUT2D eigenvalue weighted by Crippen LogP contribution is 1.98. The van der Waals surface area contributed by atoms with Crippen molar-refractivity contribution in [3.8, 4) is 0 Å². The summed E-state index contributed by atoms with van der Waals surface area (Å²) in [5, 5.41) is 3.39. The molecule has 0 fully saturated rings. The number of nitrogens with zero attached hydrogens (tertiary/aromatic N) is 2. The minimum Gasteiger partial charge on any atom is -0.312 e. The van der Waals surface area contributed by atoms with E-state index in [1.807, 2.05) is 6.07 Å². The van der Waals surface area contributed by atoms with Crippen LogP contribution in [0, 0.1) is 0 Å². The second-order valence-electron chi connectivity index (χ2n) is 4.09. The maximum Gasteiger partial charge on any atom is 0.129 e. The largest absolute Gasteiger partial charge is 0.312 e. The van der Waals surface area contributed by atoms with Crippen LogP contribution in [0.15, 0.2) is 18.5 Å². The molecule has 0 bridgehead atoms. The molecular weight excluding hydrogens is 162 g/mol. The summed E-state index contributed by atoms with van der Waals surface area (Å²) in [6, 6.07) is 1.83. The summed E-state index contributed by atoms with van der Waals surface area (Å²) < 4.78 is 0. The van der Waals surface area contributed by atoms with Crippen molar-refractivity contribution in [2.75, 3.05) is 6.54 Å². The summed E-state index contributed by atoms with van der Waals surface area (Å²) >= 11 is 0. The fourth-order valence-corrected chi connectivity index (χ4v) is 1.01. The summed E-state index contributed by atoms with van der Waals surface area (Å²) in [4.78, 5) is 8.29. The monoisotopic (exact) mass is 179 g/mol.